The molecule has 0 saturated carbocycles. The van der Waals surface area contributed by atoms with E-state index in [2.05, 4.69) is 47.8 Å². The monoisotopic (exact) mass is 459 g/mol. The highest BCUT2D eigenvalue weighted by molar-refractivity contribution is 5.98. The Hall–Kier alpha value is -3.90. The van der Waals surface area contributed by atoms with Crippen LogP contribution < -0.4 is 16.0 Å². The van der Waals surface area contributed by atoms with Crippen molar-refractivity contribution in [3.63, 3.8) is 0 Å². The van der Waals surface area contributed by atoms with Crippen LogP contribution in [0.25, 0.3) is 0 Å². The maximum atomic E-state index is 12.1. The fraction of sp³-hybridized carbons (Fsp3) is 0.360. The summed E-state index contributed by atoms with van der Waals surface area (Å²) >= 11 is 0. The van der Waals surface area contributed by atoms with Crippen molar-refractivity contribution in [2.45, 2.75) is 32.6 Å². The molecule has 2 aromatic heterocycles. The molecule has 1 aromatic carbocycles. The molecule has 0 atom stereocenters. The second-order valence-corrected chi connectivity index (χ2v) is 8.22. The molecule has 1 saturated heterocycles. The first-order valence-corrected chi connectivity index (χ1v) is 11.6. The average molecular weight is 460 g/mol. The molecule has 0 radical (unpaired) electrons. The topological polar surface area (TPSA) is 108 Å². The van der Waals surface area contributed by atoms with E-state index in [1.165, 1.54) is 32.4 Å². The van der Waals surface area contributed by atoms with E-state index in [0.29, 0.717) is 17.3 Å². The first kappa shape index (κ1) is 23.3. The Labute approximate surface area is 199 Å². The molecule has 176 valence electrons. The number of benzene rings is 1. The van der Waals surface area contributed by atoms with E-state index in [1.807, 2.05) is 12.1 Å². The summed E-state index contributed by atoms with van der Waals surface area (Å²) in [6, 6.07) is 8.48. The summed E-state index contributed by atoms with van der Waals surface area (Å²) in [4.78, 5) is 23.4. The lowest BCUT2D eigenvalue weighted by molar-refractivity contribution is 0.228. The normalized spacial score (nSPS) is 13.6. The largest absolute Gasteiger partial charge is 0.354 e. The number of nitrogens with zero attached hydrogens (tertiary/aromatic N) is 4. The van der Waals surface area contributed by atoms with Gasteiger partial charge in [0.05, 0.1) is 11.3 Å². The highest BCUT2D eigenvalue weighted by Gasteiger charge is 2.09. The van der Waals surface area contributed by atoms with Crippen molar-refractivity contribution in [1.82, 2.24) is 20.0 Å². The number of carbonyl (C=O) groups excluding carboxylic acids is 1. The third-order valence-electron chi connectivity index (χ3n) is 5.37. The molecule has 3 N–H and O–H groups in total. The minimum Gasteiger partial charge on any atom is -0.354 e. The van der Waals surface area contributed by atoms with E-state index in [9.17, 15) is 4.79 Å². The van der Waals surface area contributed by atoms with E-state index in [1.54, 1.807) is 37.5 Å². The number of rotatable bonds is 7. The minimum absolute atomic E-state index is 0.283. The van der Waals surface area contributed by atoms with Gasteiger partial charge in [0, 0.05) is 36.3 Å². The van der Waals surface area contributed by atoms with Crippen molar-refractivity contribution in [1.29, 1.82) is 0 Å². The zero-order valence-corrected chi connectivity index (χ0v) is 19.3. The van der Waals surface area contributed by atoms with E-state index >= 15 is 0 Å². The average Bonchev–Trinajstić information content (AvgIpc) is 3.26. The molecule has 2 amide bonds. The van der Waals surface area contributed by atoms with Crippen LogP contribution in [0.4, 0.5) is 22.3 Å². The number of carbonyl (C=O) groups is 1. The summed E-state index contributed by atoms with van der Waals surface area (Å²) in [6.07, 6.45) is 8.49. The highest BCUT2D eigenvalue weighted by Crippen LogP contribution is 2.13. The molecule has 0 spiro atoms. The van der Waals surface area contributed by atoms with Gasteiger partial charge in [-0.3, -0.25) is 5.32 Å². The quantitative estimate of drug-likeness (QED) is 0.360. The van der Waals surface area contributed by atoms with Crippen molar-refractivity contribution in [2.75, 3.05) is 42.1 Å². The third kappa shape index (κ3) is 7.32. The van der Waals surface area contributed by atoms with E-state index in [-0.39, 0.29) is 5.88 Å². The number of likely N-dealkylation sites (tertiary alicyclic amines) is 1. The Morgan fingerprint density at radius 3 is 2.62 bits per heavy atom. The van der Waals surface area contributed by atoms with Gasteiger partial charge in [-0.2, -0.15) is 0 Å². The molecule has 1 aliphatic rings. The summed E-state index contributed by atoms with van der Waals surface area (Å²) in [5, 5.41) is 12.3. The lowest BCUT2D eigenvalue weighted by Crippen LogP contribution is -2.31. The molecule has 3 aromatic rings. The molecular formula is C25H29N7O2. The number of aromatic nitrogens is 3. The fourth-order valence-corrected chi connectivity index (χ4v) is 3.69. The van der Waals surface area contributed by atoms with Crippen LogP contribution in [-0.4, -0.2) is 52.2 Å². The lowest BCUT2D eigenvalue weighted by Gasteiger charge is -2.26. The maximum absolute atomic E-state index is 12.1. The van der Waals surface area contributed by atoms with E-state index in [0.717, 1.165) is 30.6 Å². The SMILES string of the molecule is Cc1cc(NC(=O)Nc2cccc(C#Cc3cnc(NCCCN4CCCCC4)nc3)c2)on1. The summed E-state index contributed by atoms with van der Waals surface area (Å²) in [5.74, 6) is 7.04. The third-order valence-corrected chi connectivity index (χ3v) is 5.37. The van der Waals surface area contributed by atoms with Gasteiger partial charge in [0.25, 0.3) is 0 Å². The minimum atomic E-state index is -0.423. The first-order valence-electron chi connectivity index (χ1n) is 11.6. The fourth-order valence-electron chi connectivity index (χ4n) is 3.69. The molecule has 34 heavy (non-hydrogen) atoms. The number of urea groups is 1. The molecule has 9 heteroatoms. The Balaban J connectivity index is 1.24. The van der Waals surface area contributed by atoms with Crippen LogP contribution in [-0.2, 0) is 0 Å². The number of nitrogens with one attached hydrogen (secondary N) is 3. The molecule has 0 bridgehead atoms. The number of hydrogen-bond acceptors (Lipinski definition) is 7. The van der Waals surface area contributed by atoms with Crippen LogP contribution in [0.5, 0.6) is 0 Å². The standard InChI is InChI=1S/C25H29N7O2/c1-19-15-23(34-31-19)30-25(33)29-22-8-5-7-20(16-22)9-10-21-17-27-24(28-18-21)26-11-6-14-32-12-3-2-4-13-32/h5,7-8,15-18H,2-4,6,11-14H2,1H3,(H,26,27,28)(H2,29,30,33). The number of hydrogen-bond donors (Lipinski definition) is 3. The molecule has 1 aliphatic heterocycles. The van der Waals surface area contributed by atoms with Gasteiger partial charge in [-0.05, 0) is 64.0 Å². The van der Waals surface area contributed by atoms with Gasteiger partial charge in [0.15, 0.2) is 0 Å². The second-order valence-electron chi connectivity index (χ2n) is 8.22. The van der Waals surface area contributed by atoms with Gasteiger partial charge < -0.3 is 20.1 Å². The molecule has 1 fully saturated rings. The first-order chi connectivity index (χ1) is 16.6. The van der Waals surface area contributed by atoms with Gasteiger partial charge in [-0.25, -0.2) is 14.8 Å². The van der Waals surface area contributed by atoms with Crippen LogP contribution in [0.2, 0.25) is 0 Å². The molecular weight excluding hydrogens is 430 g/mol. The molecule has 3 heterocycles. The van der Waals surface area contributed by atoms with Gasteiger partial charge in [0.1, 0.15) is 0 Å². The number of aryl methyl sites for hydroxylation is 1. The summed E-state index contributed by atoms with van der Waals surface area (Å²) < 4.78 is 4.98. The van der Waals surface area contributed by atoms with Crippen LogP contribution in [0.15, 0.2) is 47.2 Å². The van der Waals surface area contributed by atoms with Gasteiger partial charge in [-0.15, -0.1) is 0 Å². The number of amides is 2. The van der Waals surface area contributed by atoms with E-state index in [4.69, 9.17) is 4.52 Å². The Morgan fingerprint density at radius 1 is 1.06 bits per heavy atom. The van der Waals surface area contributed by atoms with Crippen LogP contribution >= 0.6 is 0 Å². The molecule has 4 rings (SSSR count). The van der Waals surface area contributed by atoms with Crippen LogP contribution in [0.3, 0.4) is 0 Å². The van der Waals surface area contributed by atoms with Crippen LogP contribution in [0.1, 0.15) is 42.5 Å². The van der Waals surface area contributed by atoms with Gasteiger partial charge >= 0.3 is 6.03 Å². The van der Waals surface area contributed by atoms with Crippen molar-refractivity contribution in [3.8, 4) is 11.8 Å². The van der Waals surface area contributed by atoms with Crippen molar-refractivity contribution < 1.29 is 9.32 Å². The molecule has 9 nitrogen and oxygen atoms in total. The lowest BCUT2D eigenvalue weighted by atomic mass is 10.1. The van der Waals surface area contributed by atoms with E-state index < -0.39 is 6.03 Å². The molecule has 0 aliphatic carbocycles. The molecule has 0 unspecified atom stereocenters. The van der Waals surface area contributed by atoms with Gasteiger partial charge in [0.2, 0.25) is 11.8 Å². The number of anilines is 3. The zero-order chi connectivity index (χ0) is 23.6. The smallest absolute Gasteiger partial charge is 0.326 e. The predicted molar refractivity (Wildman–Crippen MR) is 132 cm³/mol. The number of piperidine rings is 1. The highest BCUT2D eigenvalue weighted by atomic mass is 16.5. The van der Waals surface area contributed by atoms with Crippen molar-refractivity contribution >= 4 is 23.6 Å². The Kier molecular flexibility index (Phi) is 8.08. The summed E-state index contributed by atoms with van der Waals surface area (Å²) in [7, 11) is 0. The predicted octanol–water partition coefficient (Wildman–Crippen LogP) is 4.10. The van der Waals surface area contributed by atoms with Crippen LogP contribution in [0, 0.1) is 18.8 Å². The zero-order valence-electron chi connectivity index (χ0n) is 19.3. The van der Waals surface area contributed by atoms with Gasteiger partial charge in [-0.1, -0.05) is 29.5 Å². The Morgan fingerprint density at radius 2 is 1.85 bits per heavy atom. The summed E-state index contributed by atoms with van der Waals surface area (Å²) in [6.45, 7) is 6.19. The summed E-state index contributed by atoms with van der Waals surface area (Å²) in [5.41, 5.74) is 2.78. The van der Waals surface area contributed by atoms with Crippen molar-refractivity contribution in [3.05, 3.63) is 59.5 Å². The van der Waals surface area contributed by atoms with Crippen molar-refractivity contribution in [2.24, 2.45) is 0 Å². The Bertz CT molecular complexity index is 1140. The second kappa shape index (κ2) is 11.8. The maximum Gasteiger partial charge on any atom is 0.326 e.